The molecule has 2 N–H and O–H groups in total. The molecule has 1 unspecified atom stereocenters. The van der Waals surface area contributed by atoms with E-state index in [4.69, 9.17) is 16.7 Å². The molecule has 1 aromatic carbocycles. The van der Waals surface area contributed by atoms with Crippen LogP contribution in [0.15, 0.2) is 28.8 Å². The van der Waals surface area contributed by atoms with Crippen molar-refractivity contribution >= 4 is 0 Å². The summed E-state index contributed by atoms with van der Waals surface area (Å²) in [6, 6.07) is 7.81. The first kappa shape index (κ1) is 12.3. The Morgan fingerprint density at radius 2 is 2.33 bits per heavy atom. The first-order valence-electron chi connectivity index (χ1n) is 5.76. The maximum Gasteiger partial charge on any atom is 0.244 e. The number of hydrogen-bond acceptors (Lipinski definition) is 4. The topological polar surface area (TPSA) is 64.9 Å². The van der Waals surface area contributed by atoms with Gasteiger partial charge in [-0.15, -0.1) is 12.3 Å². The lowest BCUT2D eigenvalue weighted by molar-refractivity contribution is 0.353. The minimum atomic E-state index is -0.381. The Morgan fingerprint density at radius 1 is 1.50 bits per heavy atom. The van der Waals surface area contributed by atoms with Crippen molar-refractivity contribution < 1.29 is 4.52 Å². The second-order valence-electron chi connectivity index (χ2n) is 4.23. The van der Waals surface area contributed by atoms with Gasteiger partial charge in [-0.05, 0) is 12.5 Å². The predicted molar refractivity (Wildman–Crippen MR) is 68.7 cm³/mol. The molecular formula is C14H15N3O. The second kappa shape index (κ2) is 5.48. The van der Waals surface area contributed by atoms with E-state index in [9.17, 15) is 0 Å². The van der Waals surface area contributed by atoms with Crippen molar-refractivity contribution in [1.29, 1.82) is 0 Å². The van der Waals surface area contributed by atoms with Crippen LogP contribution in [0.2, 0.25) is 0 Å². The Morgan fingerprint density at radius 3 is 3.06 bits per heavy atom. The average molecular weight is 241 g/mol. The molecule has 1 aromatic heterocycles. The van der Waals surface area contributed by atoms with Crippen LogP contribution in [0.25, 0.3) is 0 Å². The summed E-state index contributed by atoms with van der Waals surface area (Å²) in [5.74, 6) is 3.51. The largest absolute Gasteiger partial charge is 0.338 e. The average Bonchev–Trinajstić information content (AvgIpc) is 2.78. The van der Waals surface area contributed by atoms with E-state index in [1.54, 1.807) is 0 Å². The molecule has 0 aliphatic heterocycles. The van der Waals surface area contributed by atoms with Crippen LogP contribution in [0, 0.1) is 19.3 Å². The van der Waals surface area contributed by atoms with E-state index in [1.807, 2.05) is 25.1 Å². The Bertz CT molecular complexity index is 568. The number of nitrogens with zero attached hydrogens (tertiary/aromatic N) is 2. The van der Waals surface area contributed by atoms with Gasteiger partial charge in [0.2, 0.25) is 5.89 Å². The van der Waals surface area contributed by atoms with Gasteiger partial charge in [-0.1, -0.05) is 35.0 Å². The smallest absolute Gasteiger partial charge is 0.244 e. The lowest BCUT2D eigenvalue weighted by Crippen LogP contribution is -2.09. The van der Waals surface area contributed by atoms with Crippen molar-refractivity contribution in [2.45, 2.75) is 25.8 Å². The van der Waals surface area contributed by atoms with Crippen molar-refractivity contribution in [2.75, 3.05) is 0 Å². The van der Waals surface area contributed by atoms with Crippen LogP contribution in [0.3, 0.4) is 0 Å². The molecule has 0 spiro atoms. The SMILES string of the molecule is C#CCC(N)c1nc(Cc2cccc(C)c2)no1. The van der Waals surface area contributed by atoms with E-state index in [1.165, 1.54) is 5.56 Å². The molecule has 0 bridgehead atoms. The van der Waals surface area contributed by atoms with Gasteiger partial charge in [0.05, 0.1) is 6.04 Å². The summed E-state index contributed by atoms with van der Waals surface area (Å²) in [4.78, 5) is 4.26. The molecule has 0 aliphatic rings. The van der Waals surface area contributed by atoms with Crippen LogP contribution in [0.5, 0.6) is 0 Å². The summed E-state index contributed by atoms with van der Waals surface area (Å²) in [5, 5.41) is 3.91. The Labute approximate surface area is 106 Å². The molecule has 2 rings (SSSR count). The summed E-state index contributed by atoms with van der Waals surface area (Å²) in [6.45, 7) is 2.05. The fourth-order valence-corrected chi connectivity index (χ4v) is 1.71. The molecule has 2 aromatic rings. The Balaban J connectivity index is 2.09. The maximum atomic E-state index is 5.80. The van der Waals surface area contributed by atoms with Crippen molar-refractivity contribution in [1.82, 2.24) is 10.1 Å². The van der Waals surface area contributed by atoms with Gasteiger partial charge in [-0.25, -0.2) is 0 Å². The third kappa shape index (κ3) is 2.96. The van der Waals surface area contributed by atoms with Gasteiger partial charge >= 0.3 is 0 Å². The standard InChI is InChI=1S/C14H15N3O/c1-3-5-12(15)14-16-13(17-18-14)9-11-7-4-6-10(2)8-11/h1,4,6-8,12H,5,9,15H2,2H3. The van der Waals surface area contributed by atoms with E-state index in [2.05, 4.69) is 22.1 Å². The summed E-state index contributed by atoms with van der Waals surface area (Å²) in [6.07, 6.45) is 6.22. The van der Waals surface area contributed by atoms with E-state index in [0.29, 0.717) is 24.6 Å². The summed E-state index contributed by atoms with van der Waals surface area (Å²) < 4.78 is 5.10. The zero-order valence-electron chi connectivity index (χ0n) is 10.3. The number of terminal acetylenes is 1. The fraction of sp³-hybridized carbons (Fsp3) is 0.286. The van der Waals surface area contributed by atoms with Gasteiger partial charge in [-0.2, -0.15) is 4.98 Å². The van der Waals surface area contributed by atoms with Gasteiger partial charge < -0.3 is 10.3 Å². The molecule has 1 heterocycles. The van der Waals surface area contributed by atoms with Gasteiger partial charge in [0.15, 0.2) is 5.82 Å². The van der Waals surface area contributed by atoms with Crippen LogP contribution in [0.1, 0.15) is 35.3 Å². The Kier molecular flexibility index (Phi) is 3.75. The van der Waals surface area contributed by atoms with E-state index in [-0.39, 0.29) is 6.04 Å². The third-order valence-electron chi connectivity index (χ3n) is 2.58. The summed E-state index contributed by atoms with van der Waals surface area (Å²) in [5.41, 5.74) is 8.15. The Hall–Kier alpha value is -2.12. The van der Waals surface area contributed by atoms with Gasteiger partial charge in [0, 0.05) is 12.8 Å². The predicted octanol–water partition coefficient (Wildman–Crippen LogP) is 1.99. The van der Waals surface area contributed by atoms with E-state index >= 15 is 0 Å². The first-order valence-corrected chi connectivity index (χ1v) is 5.76. The van der Waals surface area contributed by atoms with Gasteiger partial charge in [0.1, 0.15) is 0 Å². The summed E-state index contributed by atoms with van der Waals surface area (Å²) in [7, 11) is 0. The molecule has 0 saturated heterocycles. The minimum Gasteiger partial charge on any atom is -0.338 e. The van der Waals surface area contributed by atoms with Crippen molar-refractivity contribution in [3.05, 3.63) is 47.1 Å². The van der Waals surface area contributed by atoms with Crippen molar-refractivity contribution in [3.63, 3.8) is 0 Å². The normalized spacial score (nSPS) is 12.1. The van der Waals surface area contributed by atoms with E-state index in [0.717, 1.165) is 5.56 Å². The van der Waals surface area contributed by atoms with Gasteiger partial charge in [-0.3, -0.25) is 0 Å². The maximum absolute atomic E-state index is 5.80. The fourth-order valence-electron chi connectivity index (χ4n) is 1.71. The zero-order valence-corrected chi connectivity index (χ0v) is 10.3. The highest BCUT2D eigenvalue weighted by Gasteiger charge is 2.13. The van der Waals surface area contributed by atoms with E-state index < -0.39 is 0 Å². The number of benzene rings is 1. The molecule has 18 heavy (non-hydrogen) atoms. The molecule has 0 radical (unpaired) electrons. The molecule has 1 atom stereocenters. The molecule has 92 valence electrons. The zero-order chi connectivity index (χ0) is 13.0. The molecule has 0 saturated carbocycles. The van der Waals surface area contributed by atoms with Crippen LogP contribution < -0.4 is 5.73 Å². The van der Waals surface area contributed by atoms with Crippen molar-refractivity contribution in [2.24, 2.45) is 5.73 Å². The highest BCUT2D eigenvalue weighted by molar-refractivity contribution is 5.24. The van der Waals surface area contributed by atoms with Crippen LogP contribution in [-0.4, -0.2) is 10.1 Å². The van der Waals surface area contributed by atoms with Crippen LogP contribution in [0.4, 0.5) is 0 Å². The molecule has 4 nitrogen and oxygen atoms in total. The lowest BCUT2D eigenvalue weighted by Gasteiger charge is -1.99. The first-order chi connectivity index (χ1) is 8.69. The molecule has 0 fully saturated rings. The second-order valence-corrected chi connectivity index (χ2v) is 4.23. The quantitative estimate of drug-likeness (QED) is 0.831. The number of hydrogen-bond donors (Lipinski definition) is 1. The number of aryl methyl sites for hydroxylation is 1. The molecular weight excluding hydrogens is 226 g/mol. The minimum absolute atomic E-state index is 0.381. The monoisotopic (exact) mass is 241 g/mol. The lowest BCUT2D eigenvalue weighted by atomic mass is 10.1. The summed E-state index contributed by atoms with van der Waals surface area (Å²) >= 11 is 0. The van der Waals surface area contributed by atoms with Crippen LogP contribution in [-0.2, 0) is 6.42 Å². The number of rotatable bonds is 4. The van der Waals surface area contributed by atoms with Crippen LogP contribution >= 0.6 is 0 Å². The number of nitrogens with two attached hydrogens (primary N) is 1. The molecule has 0 aliphatic carbocycles. The number of aromatic nitrogens is 2. The highest BCUT2D eigenvalue weighted by atomic mass is 16.5. The molecule has 0 amide bonds. The van der Waals surface area contributed by atoms with Gasteiger partial charge in [0.25, 0.3) is 0 Å². The molecule has 4 heteroatoms. The van der Waals surface area contributed by atoms with Crippen molar-refractivity contribution in [3.8, 4) is 12.3 Å². The third-order valence-corrected chi connectivity index (χ3v) is 2.58. The highest BCUT2D eigenvalue weighted by Crippen LogP contribution is 2.13.